The molecule has 16 heavy (non-hydrogen) atoms. The lowest BCUT2D eigenvalue weighted by Gasteiger charge is -2.20. The van der Waals surface area contributed by atoms with E-state index in [1.807, 2.05) is 12.1 Å². The zero-order valence-electron chi connectivity index (χ0n) is 9.63. The van der Waals surface area contributed by atoms with E-state index >= 15 is 0 Å². The molecule has 0 atom stereocenters. The van der Waals surface area contributed by atoms with Gasteiger partial charge in [-0.3, -0.25) is 4.79 Å². The summed E-state index contributed by atoms with van der Waals surface area (Å²) in [6.45, 7) is 1.79. The fourth-order valence-electron chi connectivity index (χ4n) is 2.37. The second-order valence-corrected chi connectivity index (χ2v) is 4.77. The predicted octanol–water partition coefficient (Wildman–Crippen LogP) is 3.44. The molecule has 0 spiro atoms. The van der Waals surface area contributed by atoms with Gasteiger partial charge in [0.25, 0.3) is 0 Å². The van der Waals surface area contributed by atoms with E-state index in [0.29, 0.717) is 17.3 Å². The van der Waals surface area contributed by atoms with Crippen LogP contribution in [0, 0.1) is 18.7 Å². The van der Waals surface area contributed by atoms with Gasteiger partial charge in [-0.05, 0) is 49.3 Å². The first kappa shape index (κ1) is 11.3. The Balaban J connectivity index is 1.98. The summed E-state index contributed by atoms with van der Waals surface area (Å²) in [5.74, 6) is 0.858. The van der Waals surface area contributed by atoms with E-state index in [9.17, 15) is 9.18 Å². The minimum absolute atomic E-state index is 0.137. The molecule has 0 radical (unpaired) electrons. The number of benzene rings is 1. The van der Waals surface area contributed by atoms with E-state index in [4.69, 9.17) is 0 Å². The van der Waals surface area contributed by atoms with E-state index in [0.717, 1.165) is 32.1 Å². The molecule has 0 aromatic heterocycles. The molecule has 1 aliphatic rings. The monoisotopic (exact) mass is 220 g/mol. The van der Waals surface area contributed by atoms with Crippen molar-refractivity contribution in [3.63, 3.8) is 0 Å². The molecule has 0 bridgehead atoms. The van der Waals surface area contributed by atoms with Crippen molar-refractivity contribution >= 4 is 5.78 Å². The molecule has 0 amide bonds. The lowest BCUT2D eigenvalue weighted by atomic mass is 9.84. The van der Waals surface area contributed by atoms with Gasteiger partial charge in [-0.25, -0.2) is 4.39 Å². The average Bonchev–Trinajstić information content (AvgIpc) is 2.27. The highest BCUT2D eigenvalue weighted by molar-refractivity contribution is 5.79. The number of halogens is 1. The Labute approximate surface area is 95.7 Å². The SMILES string of the molecule is Cc1cc(CC2CCC(=O)CC2)ccc1F. The standard InChI is InChI=1S/C14H17FO/c1-10-8-12(4-7-14(10)15)9-11-2-5-13(16)6-3-11/h4,7-8,11H,2-3,5-6,9H2,1H3. The predicted molar refractivity (Wildman–Crippen MR) is 61.8 cm³/mol. The zero-order valence-corrected chi connectivity index (χ0v) is 9.63. The Morgan fingerprint density at radius 3 is 2.62 bits per heavy atom. The quantitative estimate of drug-likeness (QED) is 0.746. The van der Waals surface area contributed by atoms with Crippen molar-refractivity contribution in [2.24, 2.45) is 5.92 Å². The van der Waals surface area contributed by atoms with Crippen molar-refractivity contribution in [2.45, 2.75) is 39.0 Å². The van der Waals surface area contributed by atoms with E-state index in [-0.39, 0.29) is 5.82 Å². The fourth-order valence-corrected chi connectivity index (χ4v) is 2.37. The second-order valence-electron chi connectivity index (χ2n) is 4.77. The van der Waals surface area contributed by atoms with Crippen LogP contribution in [-0.4, -0.2) is 5.78 Å². The van der Waals surface area contributed by atoms with Gasteiger partial charge in [-0.1, -0.05) is 12.1 Å². The topological polar surface area (TPSA) is 17.1 Å². The van der Waals surface area contributed by atoms with Crippen molar-refractivity contribution < 1.29 is 9.18 Å². The van der Waals surface area contributed by atoms with E-state index < -0.39 is 0 Å². The molecular weight excluding hydrogens is 203 g/mol. The van der Waals surface area contributed by atoms with Crippen LogP contribution >= 0.6 is 0 Å². The molecule has 1 nitrogen and oxygen atoms in total. The van der Waals surface area contributed by atoms with Crippen LogP contribution in [0.1, 0.15) is 36.8 Å². The molecule has 1 saturated carbocycles. The zero-order chi connectivity index (χ0) is 11.5. The smallest absolute Gasteiger partial charge is 0.132 e. The van der Waals surface area contributed by atoms with Crippen LogP contribution in [0.25, 0.3) is 0 Å². The molecule has 2 heteroatoms. The second kappa shape index (κ2) is 4.77. The third kappa shape index (κ3) is 2.69. The maximum Gasteiger partial charge on any atom is 0.132 e. The van der Waals surface area contributed by atoms with E-state index in [1.165, 1.54) is 5.56 Å². The molecule has 1 fully saturated rings. The lowest BCUT2D eigenvalue weighted by molar-refractivity contribution is -0.121. The van der Waals surface area contributed by atoms with Gasteiger partial charge in [0.15, 0.2) is 0 Å². The normalized spacial score (nSPS) is 17.8. The van der Waals surface area contributed by atoms with Crippen LogP contribution in [0.2, 0.25) is 0 Å². The Morgan fingerprint density at radius 1 is 1.31 bits per heavy atom. The van der Waals surface area contributed by atoms with Gasteiger partial charge >= 0.3 is 0 Å². The maximum absolute atomic E-state index is 13.1. The highest BCUT2D eigenvalue weighted by atomic mass is 19.1. The molecule has 0 N–H and O–H groups in total. The van der Waals surface area contributed by atoms with Crippen LogP contribution in [0.5, 0.6) is 0 Å². The summed E-state index contributed by atoms with van der Waals surface area (Å²) in [5, 5.41) is 0. The maximum atomic E-state index is 13.1. The number of aryl methyl sites for hydroxylation is 1. The van der Waals surface area contributed by atoms with Crippen molar-refractivity contribution in [3.8, 4) is 0 Å². The third-order valence-electron chi connectivity index (χ3n) is 3.41. The summed E-state index contributed by atoms with van der Waals surface area (Å²) < 4.78 is 13.1. The Morgan fingerprint density at radius 2 is 2.00 bits per heavy atom. The Hall–Kier alpha value is -1.18. The van der Waals surface area contributed by atoms with Gasteiger partial charge in [0.2, 0.25) is 0 Å². The number of ketones is 1. The van der Waals surface area contributed by atoms with Gasteiger partial charge in [-0.2, -0.15) is 0 Å². The van der Waals surface area contributed by atoms with Gasteiger partial charge in [0, 0.05) is 12.8 Å². The minimum atomic E-state index is -0.137. The van der Waals surface area contributed by atoms with Crippen LogP contribution in [0.3, 0.4) is 0 Å². The molecule has 1 aliphatic carbocycles. The Kier molecular flexibility index (Phi) is 3.37. The number of carbonyl (C=O) groups excluding carboxylic acids is 1. The Bertz CT molecular complexity index is 388. The highest BCUT2D eigenvalue weighted by Crippen LogP contribution is 2.25. The van der Waals surface area contributed by atoms with Crippen molar-refractivity contribution in [1.29, 1.82) is 0 Å². The molecule has 1 aromatic rings. The number of hydrogen-bond acceptors (Lipinski definition) is 1. The van der Waals surface area contributed by atoms with Gasteiger partial charge in [0.05, 0.1) is 0 Å². The number of hydrogen-bond donors (Lipinski definition) is 0. The van der Waals surface area contributed by atoms with Crippen LogP contribution < -0.4 is 0 Å². The van der Waals surface area contributed by atoms with Crippen LogP contribution in [0.4, 0.5) is 4.39 Å². The average molecular weight is 220 g/mol. The number of carbonyl (C=O) groups is 1. The highest BCUT2D eigenvalue weighted by Gasteiger charge is 2.18. The summed E-state index contributed by atoms with van der Waals surface area (Å²) in [4.78, 5) is 11.1. The van der Waals surface area contributed by atoms with Crippen LogP contribution in [-0.2, 0) is 11.2 Å². The summed E-state index contributed by atoms with van der Waals surface area (Å²) in [6, 6.07) is 5.32. The van der Waals surface area contributed by atoms with Crippen LogP contribution in [0.15, 0.2) is 18.2 Å². The first-order valence-corrected chi connectivity index (χ1v) is 5.92. The first-order chi connectivity index (χ1) is 7.65. The molecule has 0 aliphatic heterocycles. The van der Waals surface area contributed by atoms with Crippen molar-refractivity contribution in [3.05, 3.63) is 35.1 Å². The molecule has 1 aromatic carbocycles. The molecule has 0 saturated heterocycles. The van der Waals surface area contributed by atoms with E-state index in [1.54, 1.807) is 13.0 Å². The molecule has 86 valence electrons. The van der Waals surface area contributed by atoms with Crippen molar-refractivity contribution in [2.75, 3.05) is 0 Å². The van der Waals surface area contributed by atoms with E-state index in [2.05, 4.69) is 0 Å². The van der Waals surface area contributed by atoms with Crippen molar-refractivity contribution in [1.82, 2.24) is 0 Å². The van der Waals surface area contributed by atoms with Gasteiger partial charge < -0.3 is 0 Å². The fraction of sp³-hybridized carbons (Fsp3) is 0.500. The number of rotatable bonds is 2. The molecular formula is C14H17FO. The minimum Gasteiger partial charge on any atom is -0.300 e. The molecule has 0 unspecified atom stereocenters. The summed E-state index contributed by atoms with van der Waals surface area (Å²) in [6.07, 6.45) is 4.43. The molecule has 0 heterocycles. The first-order valence-electron chi connectivity index (χ1n) is 5.92. The molecule has 2 rings (SSSR count). The number of Topliss-reactive ketones (excluding diaryl/α,β-unsaturated/α-hetero) is 1. The van der Waals surface area contributed by atoms with Gasteiger partial charge in [0.1, 0.15) is 11.6 Å². The summed E-state index contributed by atoms with van der Waals surface area (Å²) in [7, 11) is 0. The van der Waals surface area contributed by atoms with Gasteiger partial charge in [-0.15, -0.1) is 0 Å². The lowest BCUT2D eigenvalue weighted by Crippen LogP contribution is -2.15. The largest absolute Gasteiger partial charge is 0.300 e. The third-order valence-corrected chi connectivity index (χ3v) is 3.41. The summed E-state index contributed by atoms with van der Waals surface area (Å²) in [5.41, 5.74) is 1.91. The summed E-state index contributed by atoms with van der Waals surface area (Å²) >= 11 is 0.